The molecule has 0 atom stereocenters. The fourth-order valence-corrected chi connectivity index (χ4v) is 1.92. The van der Waals surface area contributed by atoms with E-state index in [1.165, 1.54) is 24.3 Å². The minimum absolute atomic E-state index is 0.0523. The zero-order valence-corrected chi connectivity index (χ0v) is 11.6. The van der Waals surface area contributed by atoms with Crippen molar-refractivity contribution in [1.82, 2.24) is 0 Å². The summed E-state index contributed by atoms with van der Waals surface area (Å²) in [6.07, 6.45) is 0. The predicted molar refractivity (Wildman–Crippen MR) is 74.9 cm³/mol. The van der Waals surface area contributed by atoms with Crippen LogP contribution in [0.15, 0.2) is 36.4 Å². The van der Waals surface area contributed by atoms with Gasteiger partial charge in [-0.25, -0.2) is 4.79 Å². The van der Waals surface area contributed by atoms with E-state index in [2.05, 4.69) is 0 Å². The largest absolute Gasteiger partial charge is 0.478 e. The van der Waals surface area contributed by atoms with Gasteiger partial charge in [0.15, 0.2) is 0 Å². The molecule has 0 aromatic heterocycles. The lowest BCUT2D eigenvalue weighted by Gasteiger charge is -2.10. The van der Waals surface area contributed by atoms with Crippen LogP contribution in [0.1, 0.15) is 10.4 Å². The van der Waals surface area contributed by atoms with Crippen LogP contribution in [0, 0.1) is 0 Å². The Morgan fingerprint density at radius 1 is 0.947 bits per heavy atom. The summed E-state index contributed by atoms with van der Waals surface area (Å²) in [6.45, 7) is 0. The summed E-state index contributed by atoms with van der Waals surface area (Å²) < 4.78 is 5.48. The first-order chi connectivity index (χ1) is 8.97. The molecule has 0 unspecified atom stereocenters. The summed E-state index contributed by atoms with van der Waals surface area (Å²) in [6, 6.07) is 8.97. The fraction of sp³-hybridized carbons (Fsp3) is 0. The van der Waals surface area contributed by atoms with Crippen molar-refractivity contribution < 1.29 is 14.6 Å². The maximum atomic E-state index is 11.1. The molecule has 0 aliphatic heterocycles. The molecule has 1 N–H and O–H groups in total. The third kappa shape index (κ3) is 3.32. The second-order valence-corrected chi connectivity index (χ2v) is 4.90. The first kappa shape index (κ1) is 14.0. The molecular weight excluding hydrogens is 310 g/mol. The van der Waals surface area contributed by atoms with E-state index >= 15 is 0 Å². The number of ether oxygens (including phenoxy) is 1. The average molecular weight is 318 g/mol. The van der Waals surface area contributed by atoms with E-state index in [0.29, 0.717) is 15.1 Å². The van der Waals surface area contributed by atoms with Crippen molar-refractivity contribution in [1.29, 1.82) is 0 Å². The zero-order chi connectivity index (χ0) is 14.0. The van der Waals surface area contributed by atoms with Gasteiger partial charge in [0, 0.05) is 16.1 Å². The molecule has 6 heteroatoms. The Kier molecular flexibility index (Phi) is 4.20. The first-order valence-corrected chi connectivity index (χ1v) is 6.26. The van der Waals surface area contributed by atoms with Crippen molar-refractivity contribution in [2.45, 2.75) is 0 Å². The van der Waals surface area contributed by atoms with Crippen molar-refractivity contribution in [3.63, 3.8) is 0 Å². The number of rotatable bonds is 3. The third-order valence-electron chi connectivity index (χ3n) is 2.29. The minimum atomic E-state index is -1.14. The smallest absolute Gasteiger partial charge is 0.339 e. The van der Waals surface area contributed by atoms with Gasteiger partial charge in [0.25, 0.3) is 0 Å². The molecule has 0 bridgehead atoms. The van der Waals surface area contributed by atoms with Crippen molar-refractivity contribution in [2.75, 3.05) is 0 Å². The Bertz CT molecular complexity index is 641. The SMILES string of the molecule is O=C(O)c1cc(Cl)ccc1Oc1cc(Cl)ccc1Cl. The van der Waals surface area contributed by atoms with E-state index in [-0.39, 0.29) is 17.1 Å². The van der Waals surface area contributed by atoms with Gasteiger partial charge in [0.2, 0.25) is 0 Å². The molecule has 0 aliphatic rings. The van der Waals surface area contributed by atoms with Crippen LogP contribution in [-0.4, -0.2) is 11.1 Å². The molecule has 2 aromatic carbocycles. The molecule has 0 saturated carbocycles. The Hall–Kier alpha value is -1.42. The Morgan fingerprint density at radius 3 is 2.26 bits per heavy atom. The molecule has 0 amide bonds. The van der Waals surface area contributed by atoms with Gasteiger partial charge >= 0.3 is 5.97 Å². The van der Waals surface area contributed by atoms with Gasteiger partial charge in [-0.1, -0.05) is 34.8 Å². The summed E-state index contributed by atoms with van der Waals surface area (Å²) in [5.74, 6) is -0.726. The quantitative estimate of drug-likeness (QED) is 0.853. The lowest BCUT2D eigenvalue weighted by molar-refractivity contribution is 0.0694. The number of carboxylic acid groups (broad SMARTS) is 1. The number of hydrogen-bond donors (Lipinski definition) is 1. The van der Waals surface area contributed by atoms with E-state index in [4.69, 9.17) is 44.6 Å². The lowest BCUT2D eigenvalue weighted by Crippen LogP contribution is -2.00. The molecular formula is C13H7Cl3O3. The molecule has 0 spiro atoms. The van der Waals surface area contributed by atoms with Crippen LogP contribution in [-0.2, 0) is 0 Å². The molecule has 0 aliphatic carbocycles. The standard InChI is InChI=1S/C13H7Cl3O3/c14-7-2-4-11(9(5-7)13(17)18)19-12-6-8(15)1-3-10(12)16/h1-6H,(H,17,18). The highest BCUT2D eigenvalue weighted by Crippen LogP contribution is 2.34. The molecule has 2 aromatic rings. The third-order valence-corrected chi connectivity index (χ3v) is 3.07. The topological polar surface area (TPSA) is 46.5 Å². The van der Waals surface area contributed by atoms with Crippen LogP contribution in [0.25, 0.3) is 0 Å². The average Bonchev–Trinajstić information content (AvgIpc) is 2.35. The van der Waals surface area contributed by atoms with Crippen LogP contribution >= 0.6 is 34.8 Å². The Labute approximate surface area is 124 Å². The monoisotopic (exact) mass is 316 g/mol. The van der Waals surface area contributed by atoms with E-state index in [9.17, 15) is 4.79 Å². The van der Waals surface area contributed by atoms with Crippen LogP contribution in [0.5, 0.6) is 11.5 Å². The van der Waals surface area contributed by atoms with Crippen molar-refractivity contribution >= 4 is 40.8 Å². The zero-order valence-electron chi connectivity index (χ0n) is 9.36. The summed E-state index contributed by atoms with van der Waals surface area (Å²) in [7, 11) is 0. The Balaban J connectivity index is 2.43. The van der Waals surface area contributed by atoms with Crippen LogP contribution in [0.3, 0.4) is 0 Å². The number of benzene rings is 2. The minimum Gasteiger partial charge on any atom is -0.478 e. The van der Waals surface area contributed by atoms with E-state index in [1.807, 2.05) is 0 Å². The molecule has 3 nitrogen and oxygen atoms in total. The molecule has 98 valence electrons. The van der Waals surface area contributed by atoms with Gasteiger partial charge in [-0.2, -0.15) is 0 Å². The summed E-state index contributed by atoms with van der Waals surface area (Å²) in [5.41, 5.74) is -0.0523. The lowest BCUT2D eigenvalue weighted by atomic mass is 10.2. The number of aromatic carboxylic acids is 1. The maximum Gasteiger partial charge on any atom is 0.339 e. The highest BCUT2D eigenvalue weighted by molar-refractivity contribution is 6.34. The highest BCUT2D eigenvalue weighted by Gasteiger charge is 2.14. The van der Waals surface area contributed by atoms with Crippen molar-refractivity contribution in [3.8, 4) is 11.5 Å². The normalized spacial score (nSPS) is 10.3. The molecule has 2 rings (SSSR count). The van der Waals surface area contributed by atoms with Crippen LogP contribution in [0.4, 0.5) is 0 Å². The molecule has 0 saturated heterocycles. The van der Waals surface area contributed by atoms with E-state index < -0.39 is 5.97 Å². The fourth-order valence-electron chi connectivity index (χ4n) is 1.43. The summed E-state index contributed by atoms with van der Waals surface area (Å²) in [5, 5.41) is 10.2. The van der Waals surface area contributed by atoms with Gasteiger partial charge in [0.1, 0.15) is 17.1 Å². The highest BCUT2D eigenvalue weighted by atomic mass is 35.5. The van der Waals surface area contributed by atoms with Gasteiger partial charge in [-0.05, 0) is 30.3 Å². The second-order valence-electron chi connectivity index (χ2n) is 3.62. The van der Waals surface area contributed by atoms with Crippen LogP contribution in [0.2, 0.25) is 15.1 Å². The summed E-state index contributed by atoms with van der Waals surface area (Å²) in [4.78, 5) is 11.1. The van der Waals surface area contributed by atoms with Crippen molar-refractivity contribution in [3.05, 3.63) is 57.0 Å². The molecule has 0 fully saturated rings. The van der Waals surface area contributed by atoms with Gasteiger partial charge in [-0.15, -0.1) is 0 Å². The molecule has 0 radical (unpaired) electrons. The van der Waals surface area contributed by atoms with Gasteiger partial charge in [-0.3, -0.25) is 0 Å². The Morgan fingerprint density at radius 2 is 1.58 bits per heavy atom. The van der Waals surface area contributed by atoms with Gasteiger partial charge in [0.05, 0.1) is 5.02 Å². The maximum absolute atomic E-state index is 11.1. The molecule has 19 heavy (non-hydrogen) atoms. The van der Waals surface area contributed by atoms with Crippen molar-refractivity contribution in [2.24, 2.45) is 0 Å². The van der Waals surface area contributed by atoms with E-state index in [0.717, 1.165) is 0 Å². The number of carboxylic acids is 1. The first-order valence-electron chi connectivity index (χ1n) is 5.13. The van der Waals surface area contributed by atoms with Crippen LogP contribution < -0.4 is 4.74 Å². The summed E-state index contributed by atoms with van der Waals surface area (Å²) >= 11 is 17.5. The predicted octanol–water partition coefficient (Wildman–Crippen LogP) is 5.14. The number of hydrogen-bond acceptors (Lipinski definition) is 2. The molecule has 0 heterocycles. The van der Waals surface area contributed by atoms with Gasteiger partial charge < -0.3 is 9.84 Å². The number of carbonyl (C=O) groups is 1. The van der Waals surface area contributed by atoms with E-state index in [1.54, 1.807) is 12.1 Å². The number of halogens is 3. The second kappa shape index (κ2) is 5.70.